The summed E-state index contributed by atoms with van der Waals surface area (Å²) in [4.78, 5) is 14.6. The largest absolute Gasteiger partial charge is 0.278 e. The smallest absolute Gasteiger partial charge is 0.241 e. The second kappa shape index (κ2) is 9.35. The highest BCUT2D eigenvalue weighted by Crippen LogP contribution is 2.34. The Morgan fingerprint density at radius 1 is 1.19 bits per heavy atom. The number of halogens is 2. The Labute approximate surface area is 165 Å². The van der Waals surface area contributed by atoms with Gasteiger partial charge >= 0.3 is 0 Å². The first kappa shape index (κ1) is 21.2. The SMILES string of the molecule is O=C(NNS(=O)(=O)CC1CCCCC1)C1CC(N2CCCN2)CC(Cl)C1F. The van der Waals surface area contributed by atoms with E-state index in [1.54, 1.807) is 0 Å². The van der Waals surface area contributed by atoms with Gasteiger partial charge in [0.05, 0.1) is 17.0 Å². The van der Waals surface area contributed by atoms with Crippen molar-refractivity contribution in [1.29, 1.82) is 0 Å². The zero-order valence-corrected chi connectivity index (χ0v) is 17.1. The Morgan fingerprint density at radius 3 is 2.59 bits per heavy atom. The van der Waals surface area contributed by atoms with Crippen LogP contribution in [0.25, 0.3) is 0 Å². The fourth-order valence-corrected chi connectivity index (χ4v) is 6.13. The Kier molecular flexibility index (Phi) is 7.35. The molecule has 2 saturated carbocycles. The third kappa shape index (κ3) is 5.76. The number of carbonyl (C=O) groups excluding carboxylic acids is 1. The second-order valence-corrected chi connectivity index (χ2v) is 10.4. The fourth-order valence-electron chi connectivity index (χ4n) is 4.46. The van der Waals surface area contributed by atoms with Crippen molar-refractivity contribution in [2.75, 3.05) is 18.8 Å². The summed E-state index contributed by atoms with van der Waals surface area (Å²) >= 11 is 6.15. The highest BCUT2D eigenvalue weighted by Gasteiger charge is 2.43. The molecule has 0 aromatic heterocycles. The summed E-state index contributed by atoms with van der Waals surface area (Å²) in [5, 5.41) is 1.26. The first-order chi connectivity index (χ1) is 12.9. The number of sulfonamides is 1. The van der Waals surface area contributed by atoms with Gasteiger partial charge in [0.25, 0.3) is 0 Å². The number of alkyl halides is 2. The molecule has 0 aromatic rings. The van der Waals surface area contributed by atoms with Gasteiger partial charge in [-0.3, -0.25) is 15.6 Å². The van der Waals surface area contributed by atoms with Crippen molar-refractivity contribution >= 4 is 27.5 Å². The van der Waals surface area contributed by atoms with Crippen LogP contribution in [0, 0.1) is 11.8 Å². The van der Waals surface area contributed by atoms with Crippen molar-refractivity contribution in [3.63, 3.8) is 0 Å². The van der Waals surface area contributed by atoms with E-state index in [1.807, 2.05) is 5.01 Å². The summed E-state index contributed by atoms with van der Waals surface area (Å²) in [5.41, 5.74) is 5.46. The van der Waals surface area contributed by atoms with E-state index in [1.165, 1.54) is 0 Å². The summed E-state index contributed by atoms with van der Waals surface area (Å²) in [6, 6.07) is -0.0309. The van der Waals surface area contributed by atoms with Crippen LogP contribution in [0.1, 0.15) is 51.4 Å². The molecular formula is C17H30ClFN4O3S. The number of hydrazine groups is 2. The monoisotopic (exact) mass is 424 g/mol. The number of hydrogen-bond donors (Lipinski definition) is 3. The number of carbonyl (C=O) groups is 1. The maximum Gasteiger partial charge on any atom is 0.241 e. The lowest BCUT2D eigenvalue weighted by molar-refractivity contribution is -0.129. The molecule has 1 amide bonds. The van der Waals surface area contributed by atoms with E-state index in [0.717, 1.165) is 51.6 Å². The van der Waals surface area contributed by atoms with Gasteiger partial charge in [-0.05, 0) is 38.0 Å². The van der Waals surface area contributed by atoms with Crippen molar-refractivity contribution < 1.29 is 17.6 Å². The van der Waals surface area contributed by atoms with Crippen LogP contribution in [0.2, 0.25) is 0 Å². The van der Waals surface area contributed by atoms with Gasteiger partial charge in [0.15, 0.2) is 0 Å². The summed E-state index contributed by atoms with van der Waals surface area (Å²) in [5.74, 6) is -1.50. The molecule has 3 fully saturated rings. The van der Waals surface area contributed by atoms with Gasteiger partial charge in [0.2, 0.25) is 15.9 Å². The average Bonchev–Trinajstić information content (AvgIpc) is 3.17. The Bertz CT molecular complexity index is 611. The molecule has 0 bridgehead atoms. The lowest BCUT2D eigenvalue weighted by Gasteiger charge is -2.38. The standard InChI is InChI=1S/C17H30ClFN4O3S/c18-15-10-13(23-8-4-7-20-23)9-14(16(15)19)17(24)21-22-27(25,26)11-12-5-2-1-3-6-12/h12-16,20,22H,1-11H2,(H,21,24). The topological polar surface area (TPSA) is 90.5 Å². The van der Waals surface area contributed by atoms with Gasteiger partial charge in [-0.2, -0.15) is 0 Å². The average molecular weight is 425 g/mol. The van der Waals surface area contributed by atoms with E-state index < -0.39 is 33.4 Å². The minimum atomic E-state index is -3.64. The molecule has 7 nitrogen and oxygen atoms in total. The van der Waals surface area contributed by atoms with Crippen molar-refractivity contribution in [3.05, 3.63) is 0 Å². The van der Waals surface area contributed by atoms with Crippen LogP contribution in [0.4, 0.5) is 4.39 Å². The minimum Gasteiger partial charge on any atom is -0.278 e. The molecule has 4 atom stereocenters. The van der Waals surface area contributed by atoms with Crippen LogP contribution in [0.5, 0.6) is 0 Å². The molecule has 4 unspecified atom stereocenters. The van der Waals surface area contributed by atoms with Gasteiger partial charge in [-0.15, -0.1) is 16.4 Å². The van der Waals surface area contributed by atoms with Crippen LogP contribution in [-0.4, -0.2) is 55.8 Å². The number of nitrogens with zero attached hydrogens (tertiary/aromatic N) is 1. The summed E-state index contributed by atoms with van der Waals surface area (Å²) < 4.78 is 39.0. The third-order valence-corrected chi connectivity index (χ3v) is 7.67. The molecule has 0 aromatic carbocycles. The van der Waals surface area contributed by atoms with Crippen LogP contribution in [0.15, 0.2) is 0 Å². The highest BCUT2D eigenvalue weighted by atomic mass is 35.5. The Hall–Kier alpha value is -0.480. The number of nitrogens with one attached hydrogen (secondary N) is 3. The van der Waals surface area contributed by atoms with Crippen molar-refractivity contribution in [3.8, 4) is 0 Å². The molecule has 0 spiro atoms. The van der Waals surface area contributed by atoms with Crippen LogP contribution in [-0.2, 0) is 14.8 Å². The number of amides is 1. The molecule has 1 heterocycles. The zero-order chi connectivity index (χ0) is 19.4. The Morgan fingerprint density at radius 2 is 1.93 bits per heavy atom. The first-order valence-electron chi connectivity index (χ1n) is 9.93. The zero-order valence-electron chi connectivity index (χ0n) is 15.5. The van der Waals surface area contributed by atoms with Gasteiger partial charge in [0, 0.05) is 19.1 Å². The van der Waals surface area contributed by atoms with E-state index in [-0.39, 0.29) is 17.7 Å². The number of hydrogen-bond acceptors (Lipinski definition) is 5. The van der Waals surface area contributed by atoms with Crippen LogP contribution < -0.4 is 15.7 Å². The Balaban J connectivity index is 1.53. The summed E-state index contributed by atoms with van der Waals surface area (Å²) in [6.45, 7) is 1.70. The molecule has 27 heavy (non-hydrogen) atoms. The van der Waals surface area contributed by atoms with Gasteiger partial charge in [-0.25, -0.2) is 17.8 Å². The number of rotatable bonds is 6. The van der Waals surface area contributed by atoms with Crippen molar-refractivity contribution in [2.24, 2.45) is 11.8 Å². The molecule has 10 heteroatoms. The molecule has 0 radical (unpaired) electrons. The minimum absolute atomic E-state index is 0.00451. The molecular weight excluding hydrogens is 395 g/mol. The van der Waals surface area contributed by atoms with E-state index in [2.05, 4.69) is 15.7 Å². The summed E-state index contributed by atoms with van der Waals surface area (Å²) in [7, 11) is -3.64. The lowest BCUT2D eigenvalue weighted by atomic mass is 9.83. The van der Waals surface area contributed by atoms with E-state index in [9.17, 15) is 17.6 Å². The van der Waals surface area contributed by atoms with E-state index in [0.29, 0.717) is 12.8 Å². The van der Waals surface area contributed by atoms with Gasteiger partial charge in [-0.1, -0.05) is 19.3 Å². The molecule has 3 aliphatic rings. The van der Waals surface area contributed by atoms with Gasteiger partial charge < -0.3 is 0 Å². The second-order valence-electron chi connectivity index (χ2n) is 8.02. The first-order valence-corrected chi connectivity index (χ1v) is 12.0. The quantitative estimate of drug-likeness (QED) is 0.443. The lowest BCUT2D eigenvalue weighted by Crippen LogP contribution is -2.55. The fraction of sp³-hybridized carbons (Fsp3) is 0.941. The molecule has 3 N–H and O–H groups in total. The van der Waals surface area contributed by atoms with Gasteiger partial charge in [0.1, 0.15) is 6.17 Å². The maximum absolute atomic E-state index is 14.5. The molecule has 156 valence electrons. The van der Waals surface area contributed by atoms with Crippen LogP contribution >= 0.6 is 11.6 Å². The normalized spacial score (nSPS) is 33.9. The molecule has 2 aliphatic carbocycles. The summed E-state index contributed by atoms with van der Waals surface area (Å²) in [6.07, 6.45) is 5.30. The maximum atomic E-state index is 14.5. The molecule has 3 rings (SSSR count). The molecule has 1 aliphatic heterocycles. The van der Waals surface area contributed by atoms with Crippen LogP contribution in [0.3, 0.4) is 0 Å². The van der Waals surface area contributed by atoms with E-state index in [4.69, 9.17) is 11.6 Å². The predicted molar refractivity (Wildman–Crippen MR) is 102 cm³/mol. The predicted octanol–water partition coefficient (Wildman–Crippen LogP) is 1.45. The highest BCUT2D eigenvalue weighted by molar-refractivity contribution is 7.89. The molecule has 1 saturated heterocycles. The van der Waals surface area contributed by atoms with Crippen molar-refractivity contribution in [1.82, 2.24) is 20.7 Å². The van der Waals surface area contributed by atoms with Crippen molar-refractivity contribution in [2.45, 2.75) is 69.0 Å². The van der Waals surface area contributed by atoms with E-state index >= 15 is 0 Å². The third-order valence-electron chi connectivity index (χ3n) is 5.93.